The fraction of sp³-hybridized carbons (Fsp3) is 0.320. The van der Waals surface area contributed by atoms with Crippen molar-refractivity contribution in [2.45, 2.75) is 33.0 Å². The summed E-state index contributed by atoms with van der Waals surface area (Å²) in [6, 6.07) is 23.2. The van der Waals surface area contributed by atoms with Crippen molar-refractivity contribution in [1.29, 1.82) is 5.26 Å². The van der Waals surface area contributed by atoms with E-state index in [1.54, 1.807) is 7.11 Å². The number of aromatic nitrogens is 1. The van der Waals surface area contributed by atoms with E-state index >= 15 is 0 Å². The number of hydrogen-bond donors (Lipinski definition) is 1. The maximum Gasteiger partial charge on any atom is 0.118 e. The monoisotopic (exact) mass is 388 g/mol. The first kappa shape index (κ1) is 20.9. The summed E-state index contributed by atoms with van der Waals surface area (Å²) in [4.78, 5) is 1.44. The van der Waals surface area contributed by atoms with E-state index in [0.717, 1.165) is 50.3 Å². The average Bonchev–Trinajstić information content (AvgIpc) is 3.17. The van der Waals surface area contributed by atoms with Crippen LogP contribution in [0.25, 0.3) is 0 Å². The highest BCUT2D eigenvalue weighted by Gasteiger charge is 2.15. The van der Waals surface area contributed by atoms with Crippen LogP contribution < -0.4 is 4.90 Å². The summed E-state index contributed by atoms with van der Waals surface area (Å²) in [5, 5.41) is 9.45. The molecule has 1 atom stereocenters. The molecule has 1 heterocycles. The van der Waals surface area contributed by atoms with E-state index in [1.165, 1.54) is 21.7 Å². The molecule has 0 spiro atoms. The standard InChI is InChI=1S/C25H29N3O/c1-21-9-3-4-11-23(21)19-28-15-7-13-25(28)20-27(14-8-16-29-2)18-24-12-6-5-10-22(24)17-26/h3-7,9-13,15H,8,14,16,18-20H2,1-2H3/p+1. The molecule has 1 aromatic heterocycles. The Hall–Kier alpha value is -2.87. The van der Waals surface area contributed by atoms with Crippen LogP contribution in [0.3, 0.4) is 0 Å². The third-order valence-corrected chi connectivity index (χ3v) is 5.41. The zero-order chi connectivity index (χ0) is 20.5. The molecule has 3 aromatic rings. The van der Waals surface area contributed by atoms with E-state index in [-0.39, 0.29) is 0 Å². The highest BCUT2D eigenvalue weighted by atomic mass is 16.5. The van der Waals surface area contributed by atoms with E-state index in [4.69, 9.17) is 4.74 Å². The highest BCUT2D eigenvalue weighted by Crippen LogP contribution is 2.12. The molecule has 0 aliphatic heterocycles. The maximum absolute atomic E-state index is 9.45. The van der Waals surface area contributed by atoms with Crippen molar-refractivity contribution in [3.8, 4) is 6.07 Å². The van der Waals surface area contributed by atoms with Crippen molar-refractivity contribution in [3.63, 3.8) is 0 Å². The summed E-state index contributed by atoms with van der Waals surface area (Å²) >= 11 is 0. The van der Waals surface area contributed by atoms with Gasteiger partial charge in [0.15, 0.2) is 0 Å². The number of methoxy groups -OCH3 is 1. The van der Waals surface area contributed by atoms with Gasteiger partial charge in [-0.3, -0.25) is 0 Å². The lowest BCUT2D eigenvalue weighted by atomic mass is 10.1. The van der Waals surface area contributed by atoms with Crippen molar-refractivity contribution >= 4 is 0 Å². The van der Waals surface area contributed by atoms with Crippen LogP contribution in [0.1, 0.15) is 34.4 Å². The maximum atomic E-state index is 9.45. The molecule has 0 saturated carbocycles. The topological polar surface area (TPSA) is 42.4 Å². The molecular weight excluding hydrogens is 358 g/mol. The van der Waals surface area contributed by atoms with Crippen LogP contribution in [-0.4, -0.2) is 24.8 Å². The Morgan fingerprint density at radius 2 is 1.72 bits per heavy atom. The average molecular weight is 389 g/mol. The van der Waals surface area contributed by atoms with E-state index in [0.29, 0.717) is 0 Å². The zero-order valence-electron chi connectivity index (χ0n) is 17.4. The van der Waals surface area contributed by atoms with Gasteiger partial charge in [0.1, 0.15) is 13.1 Å². The van der Waals surface area contributed by atoms with Crippen molar-refractivity contribution < 1.29 is 9.64 Å². The third-order valence-electron chi connectivity index (χ3n) is 5.41. The molecule has 4 nitrogen and oxygen atoms in total. The van der Waals surface area contributed by atoms with Crippen LogP contribution >= 0.6 is 0 Å². The summed E-state index contributed by atoms with van der Waals surface area (Å²) in [5.74, 6) is 0. The van der Waals surface area contributed by atoms with E-state index in [1.807, 2.05) is 18.2 Å². The number of nitriles is 1. The van der Waals surface area contributed by atoms with Gasteiger partial charge in [0, 0.05) is 31.8 Å². The number of ether oxygens (including phenoxy) is 1. The van der Waals surface area contributed by atoms with E-state index in [9.17, 15) is 5.26 Å². The number of aryl methyl sites for hydroxylation is 1. The Morgan fingerprint density at radius 3 is 2.48 bits per heavy atom. The van der Waals surface area contributed by atoms with Gasteiger partial charge >= 0.3 is 0 Å². The minimum Gasteiger partial charge on any atom is -0.384 e. The number of quaternary nitrogens is 1. The van der Waals surface area contributed by atoms with Gasteiger partial charge in [-0.2, -0.15) is 5.26 Å². The lowest BCUT2D eigenvalue weighted by Gasteiger charge is -2.21. The van der Waals surface area contributed by atoms with E-state index in [2.05, 4.69) is 66.2 Å². The third kappa shape index (κ3) is 5.80. The van der Waals surface area contributed by atoms with Crippen LogP contribution in [0.5, 0.6) is 0 Å². The number of rotatable bonds is 10. The van der Waals surface area contributed by atoms with E-state index < -0.39 is 0 Å². The predicted octanol–water partition coefficient (Wildman–Crippen LogP) is 3.34. The molecule has 0 amide bonds. The largest absolute Gasteiger partial charge is 0.384 e. The Kier molecular flexibility index (Phi) is 7.63. The van der Waals surface area contributed by atoms with Crippen LogP contribution in [0, 0.1) is 18.3 Å². The van der Waals surface area contributed by atoms with Gasteiger partial charge in [-0.1, -0.05) is 42.5 Å². The zero-order valence-corrected chi connectivity index (χ0v) is 17.4. The Balaban J connectivity index is 1.77. The molecule has 0 saturated heterocycles. The quantitative estimate of drug-likeness (QED) is 0.541. The summed E-state index contributed by atoms with van der Waals surface area (Å²) in [7, 11) is 1.75. The molecule has 0 fully saturated rings. The van der Waals surface area contributed by atoms with Crippen molar-refractivity contribution in [1.82, 2.24) is 4.57 Å². The molecule has 0 bridgehead atoms. The van der Waals surface area contributed by atoms with Crippen molar-refractivity contribution in [3.05, 3.63) is 94.8 Å². The molecule has 0 aliphatic carbocycles. The normalized spacial score (nSPS) is 11.9. The number of hydrogen-bond acceptors (Lipinski definition) is 2. The molecular formula is C25H30N3O+. The molecule has 0 radical (unpaired) electrons. The minimum absolute atomic E-state index is 0.758. The van der Waals surface area contributed by atoms with Crippen LogP contribution in [-0.2, 0) is 24.4 Å². The van der Waals surface area contributed by atoms with Crippen LogP contribution in [0.4, 0.5) is 0 Å². The fourth-order valence-electron chi connectivity index (χ4n) is 3.75. The summed E-state index contributed by atoms with van der Waals surface area (Å²) in [6.45, 7) is 6.57. The Morgan fingerprint density at radius 1 is 0.966 bits per heavy atom. The van der Waals surface area contributed by atoms with Crippen LogP contribution in [0.15, 0.2) is 66.9 Å². The second kappa shape index (κ2) is 10.6. The summed E-state index contributed by atoms with van der Waals surface area (Å²) in [6.07, 6.45) is 3.16. The molecule has 4 heteroatoms. The van der Waals surface area contributed by atoms with Crippen molar-refractivity contribution in [2.24, 2.45) is 0 Å². The van der Waals surface area contributed by atoms with Gasteiger partial charge in [-0.25, -0.2) is 0 Å². The minimum atomic E-state index is 0.758. The first-order chi connectivity index (χ1) is 14.2. The van der Waals surface area contributed by atoms with Gasteiger partial charge in [0.2, 0.25) is 0 Å². The van der Waals surface area contributed by atoms with Crippen LogP contribution in [0.2, 0.25) is 0 Å². The van der Waals surface area contributed by atoms with Crippen molar-refractivity contribution in [2.75, 3.05) is 20.3 Å². The first-order valence-corrected chi connectivity index (χ1v) is 10.2. The highest BCUT2D eigenvalue weighted by molar-refractivity contribution is 5.36. The number of benzene rings is 2. The SMILES string of the molecule is COCCC[NH+](Cc1ccccc1C#N)Cc1cccn1Cc1ccccc1C. The summed E-state index contributed by atoms with van der Waals surface area (Å²) in [5.41, 5.74) is 5.86. The molecule has 2 aromatic carbocycles. The second-order valence-electron chi connectivity index (χ2n) is 7.52. The Bertz CT molecular complexity index is 954. The number of nitrogens with zero attached hydrogens (tertiary/aromatic N) is 2. The van der Waals surface area contributed by atoms with Gasteiger partial charge in [0.05, 0.1) is 30.5 Å². The van der Waals surface area contributed by atoms with Gasteiger partial charge in [-0.05, 0) is 36.2 Å². The summed E-state index contributed by atoms with van der Waals surface area (Å²) < 4.78 is 7.61. The molecule has 0 aliphatic rings. The molecule has 1 N–H and O–H groups in total. The fourth-order valence-corrected chi connectivity index (χ4v) is 3.75. The van der Waals surface area contributed by atoms with Gasteiger partial charge in [0.25, 0.3) is 0 Å². The molecule has 29 heavy (non-hydrogen) atoms. The lowest BCUT2D eigenvalue weighted by molar-refractivity contribution is -0.928. The second-order valence-corrected chi connectivity index (χ2v) is 7.52. The lowest BCUT2D eigenvalue weighted by Crippen LogP contribution is -3.09. The van der Waals surface area contributed by atoms with Gasteiger partial charge in [-0.15, -0.1) is 0 Å². The number of nitrogens with one attached hydrogen (secondary N) is 1. The first-order valence-electron chi connectivity index (χ1n) is 10.2. The Labute approximate surface area is 174 Å². The molecule has 1 unspecified atom stereocenters. The predicted molar refractivity (Wildman–Crippen MR) is 116 cm³/mol. The van der Waals surface area contributed by atoms with Gasteiger partial charge < -0.3 is 14.2 Å². The molecule has 3 rings (SSSR count). The molecule has 150 valence electrons. The smallest absolute Gasteiger partial charge is 0.118 e.